The van der Waals surface area contributed by atoms with E-state index in [-0.39, 0.29) is 11.9 Å². The maximum Gasteiger partial charge on any atom is 0.228 e. The van der Waals surface area contributed by atoms with Crippen molar-refractivity contribution in [1.82, 2.24) is 4.90 Å². The number of nitrogens with zero attached hydrogens (tertiary/aromatic N) is 2. The first-order valence-corrected chi connectivity index (χ1v) is 6.22. The van der Waals surface area contributed by atoms with E-state index in [1.807, 2.05) is 31.4 Å². The molecule has 0 spiro atoms. The van der Waals surface area contributed by atoms with E-state index in [0.717, 1.165) is 4.88 Å². The van der Waals surface area contributed by atoms with Gasteiger partial charge in [0.05, 0.1) is 18.9 Å². The standard InChI is InChI=1S/C12H16N2OS/c1-10(2)14(7-4-6-13)12(15)9-11-5-3-8-16-11/h3,5,8,10H,4,7,9H2,1-2H3. The Bertz CT molecular complexity index is 365. The molecule has 0 fully saturated rings. The van der Waals surface area contributed by atoms with Crippen molar-refractivity contribution in [2.75, 3.05) is 6.54 Å². The third-order valence-electron chi connectivity index (χ3n) is 2.31. The van der Waals surface area contributed by atoms with Crippen LogP contribution in [0.2, 0.25) is 0 Å². The van der Waals surface area contributed by atoms with E-state index in [1.165, 1.54) is 0 Å². The molecule has 0 aliphatic carbocycles. The van der Waals surface area contributed by atoms with Crippen LogP contribution in [0.5, 0.6) is 0 Å². The molecule has 1 heterocycles. The Morgan fingerprint density at radius 3 is 2.88 bits per heavy atom. The number of amides is 1. The molecule has 4 heteroatoms. The van der Waals surface area contributed by atoms with E-state index < -0.39 is 0 Å². The van der Waals surface area contributed by atoms with Gasteiger partial charge < -0.3 is 4.90 Å². The Hall–Kier alpha value is -1.34. The Morgan fingerprint density at radius 1 is 1.62 bits per heavy atom. The summed E-state index contributed by atoms with van der Waals surface area (Å²) in [6.07, 6.45) is 0.843. The second kappa shape index (κ2) is 6.29. The normalized spacial score (nSPS) is 10.1. The van der Waals surface area contributed by atoms with Crippen LogP contribution in [-0.2, 0) is 11.2 Å². The summed E-state index contributed by atoms with van der Waals surface area (Å²) in [5.41, 5.74) is 0. The maximum absolute atomic E-state index is 12.0. The Balaban J connectivity index is 2.57. The number of thiophene rings is 1. The molecule has 0 unspecified atom stereocenters. The summed E-state index contributed by atoms with van der Waals surface area (Å²) in [6, 6.07) is 6.14. The van der Waals surface area contributed by atoms with Crippen molar-refractivity contribution in [3.63, 3.8) is 0 Å². The first-order valence-electron chi connectivity index (χ1n) is 5.34. The lowest BCUT2D eigenvalue weighted by atomic mass is 10.2. The van der Waals surface area contributed by atoms with Crippen LogP contribution in [0, 0.1) is 11.3 Å². The van der Waals surface area contributed by atoms with Crippen molar-refractivity contribution in [3.05, 3.63) is 22.4 Å². The van der Waals surface area contributed by atoms with Crippen molar-refractivity contribution >= 4 is 17.2 Å². The molecule has 0 N–H and O–H groups in total. The van der Waals surface area contributed by atoms with Gasteiger partial charge in [-0.05, 0) is 25.3 Å². The zero-order valence-electron chi connectivity index (χ0n) is 9.64. The SMILES string of the molecule is CC(C)N(CCC#N)C(=O)Cc1cccs1. The summed E-state index contributed by atoms with van der Waals surface area (Å²) in [5, 5.41) is 10.5. The fourth-order valence-corrected chi connectivity index (χ4v) is 2.20. The second-order valence-corrected chi connectivity index (χ2v) is 4.88. The molecule has 0 bridgehead atoms. The molecule has 0 aliphatic heterocycles. The third-order valence-corrected chi connectivity index (χ3v) is 3.19. The van der Waals surface area contributed by atoms with Crippen molar-refractivity contribution in [3.8, 4) is 6.07 Å². The van der Waals surface area contributed by atoms with Crippen LogP contribution in [0.15, 0.2) is 17.5 Å². The molecule has 1 amide bonds. The number of hydrogen-bond donors (Lipinski definition) is 0. The van der Waals surface area contributed by atoms with E-state index >= 15 is 0 Å². The lowest BCUT2D eigenvalue weighted by Gasteiger charge is -2.25. The van der Waals surface area contributed by atoms with Gasteiger partial charge in [-0.25, -0.2) is 0 Å². The molecular weight excluding hydrogens is 220 g/mol. The first-order chi connectivity index (χ1) is 7.65. The summed E-state index contributed by atoms with van der Waals surface area (Å²) < 4.78 is 0. The molecule has 0 radical (unpaired) electrons. The van der Waals surface area contributed by atoms with Crippen molar-refractivity contribution < 1.29 is 4.79 Å². The fourth-order valence-electron chi connectivity index (χ4n) is 1.51. The largest absolute Gasteiger partial charge is 0.339 e. The monoisotopic (exact) mass is 236 g/mol. The van der Waals surface area contributed by atoms with Gasteiger partial charge in [0, 0.05) is 17.5 Å². The topological polar surface area (TPSA) is 44.1 Å². The van der Waals surface area contributed by atoms with E-state index in [2.05, 4.69) is 6.07 Å². The minimum Gasteiger partial charge on any atom is -0.339 e. The molecule has 86 valence electrons. The molecule has 0 atom stereocenters. The van der Waals surface area contributed by atoms with Crippen LogP contribution >= 0.6 is 11.3 Å². The van der Waals surface area contributed by atoms with Gasteiger partial charge in [0.1, 0.15) is 0 Å². The number of carbonyl (C=O) groups excluding carboxylic acids is 1. The molecule has 1 rings (SSSR count). The number of hydrogen-bond acceptors (Lipinski definition) is 3. The molecule has 16 heavy (non-hydrogen) atoms. The second-order valence-electron chi connectivity index (χ2n) is 3.85. The van der Waals surface area contributed by atoms with Crippen LogP contribution in [0.25, 0.3) is 0 Å². The van der Waals surface area contributed by atoms with Crippen molar-refractivity contribution in [2.45, 2.75) is 32.7 Å². The average molecular weight is 236 g/mol. The van der Waals surface area contributed by atoms with Gasteiger partial charge in [-0.3, -0.25) is 4.79 Å². The van der Waals surface area contributed by atoms with Gasteiger partial charge in [0.15, 0.2) is 0 Å². The summed E-state index contributed by atoms with van der Waals surface area (Å²) in [4.78, 5) is 14.8. The smallest absolute Gasteiger partial charge is 0.228 e. The molecule has 1 aromatic heterocycles. The fraction of sp³-hybridized carbons (Fsp3) is 0.500. The van der Waals surface area contributed by atoms with Gasteiger partial charge in [0.2, 0.25) is 5.91 Å². The van der Waals surface area contributed by atoms with E-state index in [9.17, 15) is 4.79 Å². The van der Waals surface area contributed by atoms with Crippen LogP contribution in [0.3, 0.4) is 0 Å². The number of nitriles is 1. The zero-order chi connectivity index (χ0) is 12.0. The molecule has 0 saturated carbocycles. The van der Waals surface area contributed by atoms with E-state index in [0.29, 0.717) is 19.4 Å². The number of rotatable bonds is 5. The van der Waals surface area contributed by atoms with Gasteiger partial charge in [-0.1, -0.05) is 6.07 Å². The van der Waals surface area contributed by atoms with Gasteiger partial charge >= 0.3 is 0 Å². The highest BCUT2D eigenvalue weighted by Crippen LogP contribution is 2.12. The molecule has 0 saturated heterocycles. The highest BCUT2D eigenvalue weighted by molar-refractivity contribution is 7.10. The Kier molecular flexibility index (Phi) is 5.00. The quantitative estimate of drug-likeness (QED) is 0.788. The average Bonchev–Trinajstić information content (AvgIpc) is 2.70. The molecule has 3 nitrogen and oxygen atoms in total. The molecule has 0 aliphatic rings. The van der Waals surface area contributed by atoms with Gasteiger partial charge in [-0.2, -0.15) is 5.26 Å². The van der Waals surface area contributed by atoms with Gasteiger partial charge in [-0.15, -0.1) is 11.3 Å². The summed E-state index contributed by atoms with van der Waals surface area (Å²) >= 11 is 1.59. The lowest BCUT2D eigenvalue weighted by molar-refractivity contribution is -0.132. The van der Waals surface area contributed by atoms with Crippen LogP contribution in [0.4, 0.5) is 0 Å². The summed E-state index contributed by atoms with van der Waals surface area (Å²) in [6.45, 7) is 4.48. The minimum atomic E-state index is 0.104. The zero-order valence-corrected chi connectivity index (χ0v) is 10.5. The predicted octanol–water partition coefficient (Wildman–Crippen LogP) is 2.44. The van der Waals surface area contributed by atoms with E-state index in [4.69, 9.17) is 5.26 Å². The van der Waals surface area contributed by atoms with Crippen LogP contribution in [0.1, 0.15) is 25.1 Å². The van der Waals surface area contributed by atoms with Crippen LogP contribution < -0.4 is 0 Å². The first kappa shape index (κ1) is 12.7. The lowest BCUT2D eigenvalue weighted by Crippen LogP contribution is -2.38. The molecule has 0 aromatic carbocycles. The third kappa shape index (κ3) is 3.67. The minimum absolute atomic E-state index is 0.104. The number of carbonyl (C=O) groups is 1. The Morgan fingerprint density at radius 2 is 2.38 bits per heavy atom. The highest BCUT2D eigenvalue weighted by Gasteiger charge is 2.16. The highest BCUT2D eigenvalue weighted by atomic mass is 32.1. The predicted molar refractivity (Wildman–Crippen MR) is 65.1 cm³/mol. The van der Waals surface area contributed by atoms with Crippen molar-refractivity contribution in [1.29, 1.82) is 5.26 Å². The molecular formula is C12H16N2OS. The maximum atomic E-state index is 12.0. The van der Waals surface area contributed by atoms with Crippen molar-refractivity contribution in [2.24, 2.45) is 0 Å². The summed E-state index contributed by atoms with van der Waals surface area (Å²) in [5.74, 6) is 0.104. The van der Waals surface area contributed by atoms with Gasteiger partial charge in [0.25, 0.3) is 0 Å². The molecule has 1 aromatic rings. The van der Waals surface area contributed by atoms with Crippen LogP contribution in [-0.4, -0.2) is 23.4 Å². The van der Waals surface area contributed by atoms with E-state index in [1.54, 1.807) is 16.2 Å². The Labute approximate surface area is 100 Å². The summed E-state index contributed by atoms with van der Waals surface area (Å²) in [7, 11) is 0.